The molecule has 0 atom stereocenters. The number of anilines is 1. The molecule has 2 aromatic carbocycles. The molecule has 17 heavy (non-hydrogen) atoms. The molecular weight excluding hydrogens is 206 g/mol. The third kappa shape index (κ3) is 2.39. The Morgan fingerprint density at radius 3 is 2.41 bits per heavy atom. The second-order valence-electron chi connectivity index (χ2n) is 4.44. The van der Waals surface area contributed by atoms with Crippen LogP contribution in [0.15, 0.2) is 49.0 Å². The summed E-state index contributed by atoms with van der Waals surface area (Å²) >= 11 is 0. The number of benzene rings is 2. The van der Waals surface area contributed by atoms with Crippen molar-refractivity contribution < 1.29 is 0 Å². The summed E-state index contributed by atoms with van der Waals surface area (Å²) in [6, 6.07) is 14.4. The summed E-state index contributed by atoms with van der Waals surface area (Å²) in [5.74, 6) is 0. The van der Waals surface area contributed by atoms with E-state index in [0.29, 0.717) is 0 Å². The fourth-order valence-electron chi connectivity index (χ4n) is 1.92. The van der Waals surface area contributed by atoms with E-state index in [1.165, 1.54) is 11.1 Å². The number of nitrogens with two attached hydrogens (primary N) is 1. The monoisotopic (exact) mass is 223 g/mol. The van der Waals surface area contributed by atoms with Gasteiger partial charge in [-0.05, 0) is 37.1 Å². The minimum atomic E-state index is 0.780. The van der Waals surface area contributed by atoms with Gasteiger partial charge in [-0.3, -0.25) is 0 Å². The SMILES string of the molecule is C=C(c1cccc(C)c1)c1cc(C)ccc1N. The fourth-order valence-corrected chi connectivity index (χ4v) is 1.92. The molecule has 0 amide bonds. The first kappa shape index (κ1) is 11.5. The molecule has 0 radical (unpaired) electrons. The first-order valence-electron chi connectivity index (χ1n) is 5.70. The Hall–Kier alpha value is -2.02. The Morgan fingerprint density at radius 2 is 1.71 bits per heavy atom. The van der Waals surface area contributed by atoms with Gasteiger partial charge in [0, 0.05) is 11.3 Å². The van der Waals surface area contributed by atoms with E-state index in [9.17, 15) is 0 Å². The normalized spacial score (nSPS) is 10.2. The topological polar surface area (TPSA) is 26.0 Å². The summed E-state index contributed by atoms with van der Waals surface area (Å²) in [4.78, 5) is 0. The van der Waals surface area contributed by atoms with Crippen LogP contribution >= 0.6 is 0 Å². The summed E-state index contributed by atoms with van der Waals surface area (Å²) in [6.45, 7) is 8.30. The minimum absolute atomic E-state index is 0.780. The fraction of sp³-hybridized carbons (Fsp3) is 0.125. The molecule has 1 heteroatoms. The van der Waals surface area contributed by atoms with Gasteiger partial charge in [-0.15, -0.1) is 0 Å². The van der Waals surface area contributed by atoms with Gasteiger partial charge in [-0.25, -0.2) is 0 Å². The molecule has 0 spiro atoms. The molecule has 0 aromatic heterocycles. The Kier molecular flexibility index (Phi) is 3.01. The van der Waals surface area contributed by atoms with Gasteiger partial charge >= 0.3 is 0 Å². The van der Waals surface area contributed by atoms with E-state index in [4.69, 9.17) is 5.73 Å². The van der Waals surface area contributed by atoms with E-state index >= 15 is 0 Å². The molecule has 0 fully saturated rings. The van der Waals surface area contributed by atoms with Crippen molar-refractivity contribution in [3.8, 4) is 0 Å². The molecule has 86 valence electrons. The first-order chi connectivity index (χ1) is 8.08. The Balaban J connectivity index is 2.47. The molecule has 2 aromatic rings. The molecule has 0 bridgehead atoms. The molecule has 0 unspecified atom stereocenters. The van der Waals surface area contributed by atoms with Crippen LogP contribution in [0.25, 0.3) is 5.57 Å². The van der Waals surface area contributed by atoms with E-state index < -0.39 is 0 Å². The van der Waals surface area contributed by atoms with Crippen molar-refractivity contribution in [2.24, 2.45) is 0 Å². The lowest BCUT2D eigenvalue weighted by atomic mass is 9.96. The molecule has 0 saturated heterocycles. The zero-order chi connectivity index (χ0) is 12.4. The van der Waals surface area contributed by atoms with Crippen LogP contribution in [0.1, 0.15) is 22.3 Å². The van der Waals surface area contributed by atoms with Crippen molar-refractivity contribution >= 4 is 11.3 Å². The highest BCUT2D eigenvalue weighted by molar-refractivity contribution is 5.84. The molecule has 1 nitrogen and oxygen atoms in total. The average molecular weight is 223 g/mol. The van der Waals surface area contributed by atoms with Crippen molar-refractivity contribution in [2.75, 3.05) is 5.73 Å². The van der Waals surface area contributed by atoms with Crippen molar-refractivity contribution in [1.82, 2.24) is 0 Å². The second kappa shape index (κ2) is 4.46. The molecule has 0 aliphatic heterocycles. The quantitative estimate of drug-likeness (QED) is 0.766. The maximum absolute atomic E-state index is 6.00. The lowest BCUT2D eigenvalue weighted by Crippen LogP contribution is -1.95. The smallest absolute Gasteiger partial charge is 0.0393 e. The van der Waals surface area contributed by atoms with Crippen LogP contribution in [0.4, 0.5) is 5.69 Å². The maximum atomic E-state index is 6.00. The van der Waals surface area contributed by atoms with Crippen LogP contribution in [-0.4, -0.2) is 0 Å². The van der Waals surface area contributed by atoms with E-state index in [0.717, 1.165) is 22.4 Å². The van der Waals surface area contributed by atoms with E-state index in [-0.39, 0.29) is 0 Å². The Labute approximate surface area is 103 Å². The predicted molar refractivity (Wildman–Crippen MR) is 74.9 cm³/mol. The van der Waals surface area contributed by atoms with Crippen molar-refractivity contribution in [3.05, 3.63) is 71.3 Å². The number of aryl methyl sites for hydroxylation is 2. The van der Waals surface area contributed by atoms with Crippen molar-refractivity contribution in [3.63, 3.8) is 0 Å². The Bertz CT molecular complexity index is 567. The van der Waals surface area contributed by atoms with Gasteiger partial charge in [-0.2, -0.15) is 0 Å². The number of rotatable bonds is 2. The highest BCUT2D eigenvalue weighted by Crippen LogP contribution is 2.27. The van der Waals surface area contributed by atoms with Crippen LogP contribution < -0.4 is 5.73 Å². The van der Waals surface area contributed by atoms with Gasteiger partial charge in [0.2, 0.25) is 0 Å². The molecule has 0 heterocycles. The van der Waals surface area contributed by atoms with E-state index in [1.54, 1.807) is 0 Å². The highest BCUT2D eigenvalue weighted by atomic mass is 14.6. The standard InChI is InChI=1S/C16H17N/c1-11-5-4-6-14(9-11)13(3)15-10-12(2)7-8-16(15)17/h4-10H,3,17H2,1-2H3. The summed E-state index contributed by atoms with van der Waals surface area (Å²) in [5.41, 5.74) is 12.3. The third-order valence-electron chi connectivity index (χ3n) is 2.90. The number of hydrogen-bond acceptors (Lipinski definition) is 1. The van der Waals surface area contributed by atoms with Gasteiger partial charge in [0.05, 0.1) is 0 Å². The third-order valence-corrected chi connectivity index (χ3v) is 2.90. The summed E-state index contributed by atoms with van der Waals surface area (Å²) < 4.78 is 0. The van der Waals surface area contributed by atoms with Crippen LogP contribution in [0.2, 0.25) is 0 Å². The largest absolute Gasteiger partial charge is 0.398 e. The van der Waals surface area contributed by atoms with E-state index in [1.807, 2.05) is 18.2 Å². The molecule has 2 rings (SSSR count). The Morgan fingerprint density at radius 1 is 1.00 bits per heavy atom. The van der Waals surface area contributed by atoms with Gasteiger partial charge in [0.1, 0.15) is 0 Å². The van der Waals surface area contributed by atoms with Crippen molar-refractivity contribution in [2.45, 2.75) is 13.8 Å². The lowest BCUT2D eigenvalue weighted by Gasteiger charge is -2.11. The van der Waals surface area contributed by atoms with Crippen LogP contribution in [0.5, 0.6) is 0 Å². The molecule has 0 aliphatic rings. The van der Waals surface area contributed by atoms with Crippen LogP contribution in [0, 0.1) is 13.8 Å². The molecule has 0 saturated carbocycles. The molecular formula is C16H17N. The van der Waals surface area contributed by atoms with Crippen LogP contribution in [-0.2, 0) is 0 Å². The molecule has 2 N–H and O–H groups in total. The second-order valence-corrected chi connectivity index (χ2v) is 4.44. The van der Waals surface area contributed by atoms with Gasteiger partial charge in [0.25, 0.3) is 0 Å². The zero-order valence-corrected chi connectivity index (χ0v) is 10.3. The number of hydrogen-bond donors (Lipinski definition) is 1. The molecule has 0 aliphatic carbocycles. The summed E-state index contributed by atoms with van der Waals surface area (Å²) in [6.07, 6.45) is 0. The average Bonchev–Trinajstić information content (AvgIpc) is 2.31. The highest BCUT2D eigenvalue weighted by Gasteiger charge is 2.06. The number of nitrogen functional groups attached to an aromatic ring is 1. The summed E-state index contributed by atoms with van der Waals surface area (Å²) in [7, 11) is 0. The van der Waals surface area contributed by atoms with Gasteiger partial charge < -0.3 is 5.73 Å². The predicted octanol–water partition coefficient (Wildman–Crippen LogP) is 3.95. The van der Waals surface area contributed by atoms with Crippen LogP contribution in [0.3, 0.4) is 0 Å². The minimum Gasteiger partial charge on any atom is -0.398 e. The van der Waals surface area contributed by atoms with Crippen molar-refractivity contribution in [1.29, 1.82) is 0 Å². The van der Waals surface area contributed by atoms with Gasteiger partial charge in [0.15, 0.2) is 0 Å². The van der Waals surface area contributed by atoms with Gasteiger partial charge in [-0.1, -0.05) is 48.0 Å². The zero-order valence-electron chi connectivity index (χ0n) is 10.3. The summed E-state index contributed by atoms with van der Waals surface area (Å²) in [5, 5.41) is 0. The maximum Gasteiger partial charge on any atom is 0.0393 e. The van der Waals surface area contributed by atoms with E-state index in [2.05, 4.69) is 44.7 Å². The first-order valence-corrected chi connectivity index (χ1v) is 5.70. The lowest BCUT2D eigenvalue weighted by molar-refractivity contribution is 1.42.